The van der Waals surface area contributed by atoms with Crippen molar-refractivity contribution >= 4 is 23.6 Å². The zero-order valence-corrected chi connectivity index (χ0v) is 13.1. The SMILES string of the molecule is CCSC(/C=C/c1ccccc1)CC(=O)c1ccccc1. The van der Waals surface area contributed by atoms with Crippen molar-refractivity contribution < 1.29 is 4.79 Å². The molecule has 0 fully saturated rings. The van der Waals surface area contributed by atoms with Gasteiger partial charge >= 0.3 is 0 Å². The number of ketones is 1. The number of hydrogen-bond acceptors (Lipinski definition) is 2. The molecule has 2 rings (SSSR count). The molecular weight excluding hydrogens is 276 g/mol. The third-order valence-electron chi connectivity index (χ3n) is 3.17. The first-order chi connectivity index (χ1) is 10.3. The molecule has 0 N–H and O–H groups in total. The first-order valence-corrected chi connectivity index (χ1v) is 8.27. The van der Waals surface area contributed by atoms with Crippen molar-refractivity contribution in [1.82, 2.24) is 0 Å². The number of Topliss-reactive ketones (excluding diaryl/α,β-unsaturated/α-hetero) is 1. The van der Waals surface area contributed by atoms with E-state index in [0.717, 1.165) is 11.3 Å². The largest absolute Gasteiger partial charge is 0.294 e. The van der Waals surface area contributed by atoms with Crippen molar-refractivity contribution in [3.8, 4) is 0 Å². The lowest BCUT2D eigenvalue weighted by Gasteiger charge is -2.10. The predicted molar refractivity (Wildman–Crippen MR) is 92.8 cm³/mol. The summed E-state index contributed by atoms with van der Waals surface area (Å²) in [5, 5.41) is 0.225. The lowest BCUT2D eigenvalue weighted by atomic mass is 10.1. The second-order valence-electron chi connectivity index (χ2n) is 4.76. The van der Waals surface area contributed by atoms with Crippen LogP contribution in [0.4, 0.5) is 0 Å². The van der Waals surface area contributed by atoms with Crippen LogP contribution in [0.3, 0.4) is 0 Å². The van der Waals surface area contributed by atoms with Gasteiger partial charge in [0.2, 0.25) is 0 Å². The highest BCUT2D eigenvalue weighted by molar-refractivity contribution is 8.00. The van der Waals surface area contributed by atoms with Gasteiger partial charge in [0.1, 0.15) is 0 Å². The van der Waals surface area contributed by atoms with E-state index in [4.69, 9.17) is 0 Å². The minimum atomic E-state index is 0.208. The minimum absolute atomic E-state index is 0.208. The Morgan fingerprint density at radius 3 is 2.29 bits per heavy atom. The van der Waals surface area contributed by atoms with Crippen LogP contribution in [0.2, 0.25) is 0 Å². The molecule has 1 unspecified atom stereocenters. The van der Waals surface area contributed by atoms with Gasteiger partial charge in [-0.05, 0) is 11.3 Å². The van der Waals surface area contributed by atoms with E-state index in [1.54, 1.807) is 0 Å². The summed E-state index contributed by atoms with van der Waals surface area (Å²) in [6, 6.07) is 19.7. The molecular formula is C19H20OS. The topological polar surface area (TPSA) is 17.1 Å². The van der Waals surface area contributed by atoms with E-state index in [2.05, 4.69) is 31.2 Å². The Hall–Kier alpha value is -1.80. The number of rotatable bonds is 7. The first-order valence-electron chi connectivity index (χ1n) is 7.22. The van der Waals surface area contributed by atoms with Crippen LogP contribution in [0, 0.1) is 0 Å². The number of hydrogen-bond donors (Lipinski definition) is 0. The van der Waals surface area contributed by atoms with Crippen LogP contribution in [0.15, 0.2) is 66.7 Å². The van der Waals surface area contributed by atoms with Crippen molar-refractivity contribution in [3.63, 3.8) is 0 Å². The summed E-state index contributed by atoms with van der Waals surface area (Å²) in [4.78, 5) is 12.3. The van der Waals surface area contributed by atoms with Crippen LogP contribution in [0.25, 0.3) is 6.08 Å². The average molecular weight is 296 g/mol. The van der Waals surface area contributed by atoms with E-state index in [-0.39, 0.29) is 11.0 Å². The molecule has 0 heterocycles. The molecule has 0 radical (unpaired) electrons. The quantitative estimate of drug-likeness (QED) is 0.662. The lowest BCUT2D eigenvalue weighted by molar-refractivity contribution is 0.0985. The normalized spacial score (nSPS) is 12.4. The van der Waals surface area contributed by atoms with Gasteiger partial charge in [0.25, 0.3) is 0 Å². The fourth-order valence-corrected chi connectivity index (χ4v) is 2.99. The van der Waals surface area contributed by atoms with Gasteiger partial charge < -0.3 is 0 Å². The minimum Gasteiger partial charge on any atom is -0.294 e. The highest BCUT2D eigenvalue weighted by Crippen LogP contribution is 2.20. The van der Waals surface area contributed by atoms with Gasteiger partial charge in [-0.15, -0.1) is 0 Å². The van der Waals surface area contributed by atoms with Crippen molar-refractivity contribution in [2.24, 2.45) is 0 Å². The molecule has 0 spiro atoms. The summed E-state index contributed by atoms with van der Waals surface area (Å²) in [6.45, 7) is 2.13. The van der Waals surface area contributed by atoms with Crippen LogP contribution in [-0.4, -0.2) is 16.8 Å². The molecule has 0 bridgehead atoms. The second kappa shape index (κ2) is 8.48. The molecule has 0 aliphatic carbocycles. The Kier molecular flexibility index (Phi) is 6.29. The smallest absolute Gasteiger partial charge is 0.164 e. The highest BCUT2D eigenvalue weighted by atomic mass is 32.2. The van der Waals surface area contributed by atoms with E-state index in [9.17, 15) is 4.79 Å². The fraction of sp³-hybridized carbons (Fsp3) is 0.211. The van der Waals surface area contributed by atoms with Gasteiger partial charge in [0.05, 0.1) is 0 Å². The Morgan fingerprint density at radius 2 is 1.67 bits per heavy atom. The zero-order chi connectivity index (χ0) is 14.9. The van der Waals surface area contributed by atoms with Crippen LogP contribution in [0.1, 0.15) is 29.3 Å². The summed E-state index contributed by atoms with van der Waals surface area (Å²) in [5.74, 6) is 1.21. The Morgan fingerprint density at radius 1 is 1.05 bits per heavy atom. The number of carbonyl (C=O) groups is 1. The van der Waals surface area contributed by atoms with Crippen LogP contribution < -0.4 is 0 Å². The van der Waals surface area contributed by atoms with Gasteiger partial charge in [0, 0.05) is 17.2 Å². The molecule has 2 aromatic rings. The molecule has 0 saturated heterocycles. The molecule has 2 heteroatoms. The monoisotopic (exact) mass is 296 g/mol. The third kappa shape index (κ3) is 5.24. The molecule has 2 aromatic carbocycles. The van der Waals surface area contributed by atoms with Gasteiger partial charge in [0.15, 0.2) is 5.78 Å². The summed E-state index contributed by atoms with van der Waals surface area (Å²) >= 11 is 1.81. The molecule has 1 atom stereocenters. The predicted octanol–water partition coefficient (Wildman–Crippen LogP) is 5.09. The Balaban J connectivity index is 2.02. The summed E-state index contributed by atoms with van der Waals surface area (Å²) in [6.07, 6.45) is 4.79. The first kappa shape index (κ1) is 15.6. The molecule has 0 aliphatic heterocycles. The van der Waals surface area contributed by atoms with Crippen molar-refractivity contribution in [2.45, 2.75) is 18.6 Å². The number of thioether (sulfide) groups is 1. The van der Waals surface area contributed by atoms with Gasteiger partial charge in [-0.1, -0.05) is 79.7 Å². The van der Waals surface area contributed by atoms with Gasteiger partial charge in [-0.2, -0.15) is 11.8 Å². The van der Waals surface area contributed by atoms with E-state index in [1.807, 2.05) is 60.3 Å². The highest BCUT2D eigenvalue weighted by Gasteiger charge is 2.12. The average Bonchev–Trinajstić information content (AvgIpc) is 2.54. The third-order valence-corrected chi connectivity index (χ3v) is 4.25. The van der Waals surface area contributed by atoms with Gasteiger partial charge in [-0.3, -0.25) is 4.79 Å². The van der Waals surface area contributed by atoms with Crippen molar-refractivity contribution in [3.05, 3.63) is 77.9 Å². The Labute approximate surface area is 131 Å². The van der Waals surface area contributed by atoms with Crippen LogP contribution in [-0.2, 0) is 0 Å². The van der Waals surface area contributed by atoms with Crippen LogP contribution >= 0.6 is 11.8 Å². The molecule has 1 nitrogen and oxygen atoms in total. The molecule has 0 saturated carbocycles. The molecule has 0 aliphatic rings. The second-order valence-corrected chi connectivity index (χ2v) is 6.27. The molecule has 0 amide bonds. The van der Waals surface area contributed by atoms with Crippen molar-refractivity contribution in [1.29, 1.82) is 0 Å². The maximum Gasteiger partial charge on any atom is 0.164 e. The zero-order valence-electron chi connectivity index (χ0n) is 12.2. The lowest BCUT2D eigenvalue weighted by Crippen LogP contribution is -2.09. The summed E-state index contributed by atoms with van der Waals surface area (Å²) < 4.78 is 0. The van der Waals surface area contributed by atoms with Crippen LogP contribution in [0.5, 0.6) is 0 Å². The molecule has 21 heavy (non-hydrogen) atoms. The number of benzene rings is 2. The number of carbonyl (C=O) groups excluding carboxylic acids is 1. The van der Waals surface area contributed by atoms with E-state index < -0.39 is 0 Å². The van der Waals surface area contributed by atoms with E-state index >= 15 is 0 Å². The summed E-state index contributed by atoms with van der Waals surface area (Å²) in [7, 11) is 0. The van der Waals surface area contributed by atoms with E-state index in [1.165, 1.54) is 5.56 Å². The van der Waals surface area contributed by atoms with Gasteiger partial charge in [-0.25, -0.2) is 0 Å². The van der Waals surface area contributed by atoms with Crippen molar-refractivity contribution in [2.75, 3.05) is 5.75 Å². The Bertz CT molecular complexity index is 575. The standard InChI is InChI=1S/C19H20OS/c1-2-21-18(14-13-16-9-5-3-6-10-16)15-19(20)17-11-7-4-8-12-17/h3-14,18H,2,15H2,1H3/b14-13+. The molecule has 108 valence electrons. The maximum atomic E-state index is 12.3. The fourth-order valence-electron chi connectivity index (χ4n) is 2.10. The molecule has 0 aromatic heterocycles. The summed E-state index contributed by atoms with van der Waals surface area (Å²) in [5.41, 5.74) is 1.97. The van der Waals surface area contributed by atoms with E-state index in [0.29, 0.717) is 6.42 Å². The maximum absolute atomic E-state index is 12.3.